The van der Waals surface area contributed by atoms with Crippen LogP contribution in [0.15, 0.2) is 29.5 Å². The standard InChI is InChI=1S/C10H15N5.C2HF3O2/c11-10(15-6-4-12-5-7-15)14-9-2-1-3-13-8-9;3-2(4,5)1(6)7/h1-3,8,12H,4-7H2,(H2,11,14);(H,6,7). The van der Waals surface area contributed by atoms with Gasteiger partial charge >= 0.3 is 12.1 Å². The molecule has 0 amide bonds. The number of hydrogen-bond donors (Lipinski definition) is 3. The van der Waals surface area contributed by atoms with Gasteiger partial charge in [-0.05, 0) is 12.1 Å². The summed E-state index contributed by atoms with van der Waals surface area (Å²) in [4.78, 5) is 19.3. The zero-order valence-electron chi connectivity index (χ0n) is 11.5. The molecule has 0 bridgehead atoms. The van der Waals surface area contributed by atoms with Crippen LogP contribution in [0.2, 0.25) is 0 Å². The molecule has 4 N–H and O–H groups in total. The summed E-state index contributed by atoms with van der Waals surface area (Å²) in [6, 6.07) is 3.74. The maximum absolute atomic E-state index is 10.6. The first-order chi connectivity index (χ1) is 10.3. The summed E-state index contributed by atoms with van der Waals surface area (Å²) in [5.41, 5.74) is 6.70. The quantitative estimate of drug-likeness (QED) is 0.516. The van der Waals surface area contributed by atoms with Crippen LogP contribution in [-0.4, -0.2) is 59.3 Å². The molecule has 7 nitrogen and oxygen atoms in total. The predicted octanol–water partition coefficient (Wildman–Crippen LogP) is 0.566. The van der Waals surface area contributed by atoms with Crippen molar-refractivity contribution < 1.29 is 23.1 Å². The van der Waals surface area contributed by atoms with Crippen molar-refractivity contribution in [1.29, 1.82) is 0 Å². The summed E-state index contributed by atoms with van der Waals surface area (Å²) >= 11 is 0. The molecule has 1 saturated heterocycles. The van der Waals surface area contributed by atoms with E-state index >= 15 is 0 Å². The van der Waals surface area contributed by atoms with E-state index in [1.165, 1.54) is 0 Å². The summed E-state index contributed by atoms with van der Waals surface area (Å²) in [5.74, 6) is -2.18. The lowest BCUT2D eigenvalue weighted by Crippen LogP contribution is -2.49. The van der Waals surface area contributed by atoms with Crippen molar-refractivity contribution >= 4 is 17.6 Å². The zero-order chi connectivity index (χ0) is 16.6. The van der Waals surface area contributed by atoms with Gasteiger partial charge in [0.25, 0.3) is 0 Å². The predicted molar refractivity (Wildman–Crippen MR) is 73.7 cm³/mol. The van der Waals surface area contributed by atoms with Crippen molar-refractivity contribution in [2.24, 2.45) is 10.7 Å². The summed E-state index contributed by atoms with van der Waals surface area (Å²) in [6.07, 6.45) is -1.66. The third-order valence-electron chi connectivity index (χ3n) is 2.57. The van der Waals surface area contributed by atoms with E-state index in [-0.39, 0.29) is 0 Å². The lowest BCUT2D eigenvalue weighted by Gasteiger charge is -2.28. The largest absolute Gasteiger partial charge is 0.490 e. The van der Waals surface area contributed by atoms with Crippen molar-refractivity contribution in [3.63, 3.8) is 0 Å². The smallest absolute Gasteiger partial charge is 0.475 e. The maximum atomic E-state index is 10.6. The Hall–Kier alpha value is -2.36. The molecule has 0 spiro atoms. The Morgan fingerprint density at radius 1 is 1.41 bits per heavy atom. The number of rotatable bonds is 1. The molecule has 1 aromatic heterocycles. The highest BCUT2D eigenvalue weighted by atomic mass is 19.4. The first-order valence-electron chi connectivity index (χ1n) is 6.30. The number of pyridine rings is 1. The zero-order valence-corrected chi connectivity index (χ0v) is 11.5. The summed E-state index contributed by atoms with van der Waals surface area (Å²) < 4.78 is 31.7. The number of carboxylic acids is 1. The highest BCUT2D eigenvalue weighted by Crippen LogP contribution is 2.13. The monoisotopic (exact) mass is 319 g/mol. The Bertz CT molecular complexity index is 501. The molecule has 0 aliphatic carbocycles. The minimum absolute atomic E-state index is 0.574. The summed E-state index contributed by atoms with van der Waals surface area (Å²) in [7, 11) is 0. The fraction of sp³-hybridized carbons (Fsp3) is 0.417. The van der Waals surface area contributed by atoms with E-state index in [4.69, 9.17) is 15.6 Å². The van der Waals surface area contributed by atoms with Crippen LogP contribution in [0.4, 0.5) is 18.9 Å². The minimum Gasteiger partial charge on any atom is -0.475 e. The Labute approximate surface area is 124 Å². The molecule has 0 radical (unpaired) electrons. The fourth-order valence-electron chi connectivity index (χ4n) is 1.52. The second-order valence-corrected chi connectivity index (χ2v) is 4.22. The molecule has 1 aliphatic rings. The summed E-state index contributed by atoms with van der Waals surface area (Å²) in [6.45, 7) is 3.75. The molecule has 1 aromatic rings. The topological polar surface area (TPSA) is 104 Å². The molecule has 122 valence electrons. The van der Waals surface area contributed by atoms with Crippen LogP contribution in [0.1, 0.15) is 0 Å². The van der Waals surface area contributed by atoms with Gasteiger partial charge in [0.2, 0.25) is 0 Å². The average molecular weight is 319 g/mol. The van der Waals surface area contributed by atoms with E-state index in [0.717, 1.165) is 31.9 Å². The molecule has 22 heavy (non-hydrogen) atoms. The number of nitrogens with two attached hydrogens (primary N) is 1. The average Bonchev–Trinajstić information content (AvgIpc) is 2.49. The van der Waals surface area contributed by atoms with Gasteiger partial charge in [-0.1, -0.05) is 0 Å². The highest BCUT2D eigenvalue weighted by molar-refractivity contribution is 5.81. The van der Waals surface area contributed by atoms with Crippen LogP contribution in [0.3, 0.4) is 0 Å². The lowest BCUT2D eigenvalue weighted by atomic mass is 10.4. The van der Waals surface area contributed by atoms with E-state index < -0.39 is 12.1 Å². The van der Waals surface area contributed by atoms with Crippen LogP contribution >= 0.6 is 0 Å². The van der Waals surface area contributed by atoms with Crippen LogP contribution in [0, 0.1) is 0 Å². The molecule has 0 atom stereocenters. The van der Waals surface area contributed by atoms with Crippen LogP contribution in [-0.2, 0) is 4.79 Å². The van der Waals surface area contributed by atoms with E-state index in [2.05, 4.69) is 20.2 Å². The van der Waals surface area contributed by atoms with E-state index in [1.54, 1.807) is 12.4 Å². The molecule has 1 aliphatic heterocycles. The van der Waals surface area contributed by atoms with Gasteiger partial charge in [0.05, 0.1) is 11.9 Å². The molecular formula is C12H16F3N5O2. The van der Waals surface area contributed by atoms with Gasteiger partial charge in [-0.2, -0.15) is 13.2 Å². The number of halogens is 3. The number of nitrogens with zero attached hydrogens (tertiary/aromatic N) is 3. The number of aromatic nitrogens is 1. The number of piperazine rings is 1. The molecule has 10 heteroatoms. The van der Waals surface area contributed by atoms with Gasteiger partial charge in [-0.3, -0.25) is 4.98 Å². The van der Waals surface area contributed by atoms with E-state index in [1.807, 2.05) is 12.1 Å². The lowest BCUT2D eigenvalue weighted by molar-refractivity contribution is -0.192. The van der Waals surface area contributed by atoms with E-state index in [0.29, 0.717) is 5.96 Å². The third-order valence-corrected chi connectivity index (χ3v) is 2.57. The van der Waals surface area contributed by atoms with Crippen LogP contribution < -0.4 is 11.1 Å². The normalized spacial score (nSPS) is 15.8. The second kappa shape index (κ2) is 8.17. The van der Waals surface area contributed by atoms with Gasteiger partial charge in [0.1, 0.15) is 0 Å². The molecule has 1 fully saturated rings. The number of hydrogen-bond acceptors (Lipinski definition) is 4. The van der Waals surface area contributed by atoms with Gasteiger partial charge in [-0.25, -0.2) is 9.79 Å². The second-order valence-electron chi connectivity index (χ2n) is 4.22. The number of carboxylic acid groups (broad SMARTS) is 1. The number of aliphatic carboxylic acids is 1. The van der Waals surface area contributed by atoms with Gasteiger partial charge < -0.3 is 21.1 Å². The van der Waals surface area contributed by atoms with Gasteiger partial charge in [-0.15, -0.1) is 0 Å². The molecular weight excluding hydrogens is 303 g/mol. The van der Waals surface area contributed by atoms with Crippen molar-refractivity contribution in [3.05, 3.63) is 24.5 Å². The van der Waals surface area contributed by atoms with Crippen molar-refractivity contribution in [2.45, 2.75) is 6.18 Å². The van der Waals surface area contributed by atoms with E-state index in [9.17, 15) is 13.2 Å². The molecule has 2 rings (SSSR count). The highest BCUT2D eigenvalue weighted by Gasteiger charge is 2.38. The first kappa shape index (κ1) is 17.7. The number of guanidine groups is 1. The van der Waals surface area contributed by atoms with Crippen molar-refractivity contribution in [3.8, 4) is 0 Å². The third kappa shape index (κ3) is 6.39. The van der Waals surface area contributed by atoms with Crippen LogP contribution in [0.5, 0.6) is 0 Å². The number of nitrogens with one attached hydrogen (secondary N) is 1. The molecule has 0 saturated carbocycles. The fourth-order valence-corrected chi connectivity index (χ4v) is 1.52. The number of alkyl halides is 3. The minimum atomic E-state index is -5.08. The van der Waals surface area contributed by atoms with Gasteiger partial charge in [0.15, 0.2) is 5.96 Å². The van der Waals surface area contributed by atoms with Crippen molar-refractivity contribution in [2.75, 3.05) is 26.2 Å². The Kier molecular flexibility index (Phi) is 6.57. The number of carbonyl (C=O) groups is 1. The molecule has 0 unspecified atom stereocenters. The Morgan fingerprint density at radius 3 is 2.45 bits per heavy atom. The van der Waals surface area contributed by atoms with Crippen LogP contribution in [0.25, 0.3) is 0 Å². The van der Waals surface area contributed by atoms with Gasteiger partial charge in [0, 0.05) is 32.4 Å². The summed E-state index contributed by atoms with van der Waals surface area (Å²) in [5, 5.41) is 10.4. The van der Waals surface area contributed by atoms with Crippen molar-refractivity contribution in [1.82, 2.24) is 15.2 Å². The molecule has 2 heterocycles. The SMILES string of the molecule is NC(=Nc1cccnc1)N1CCNCC1.O=C(O)C(F)(F)F. The maximum Gasteiger partial charge on any atom is 0.490 e. The Morgan fingerprint density at radius 2 is 2.00 bits per heavy atom. The first-order valence-corrected chi connectivity index (χ1v) is 6.30. The Balaban J connectivity index is 0.000000295. The number of aliphatic imine (C=N–C) groups is 1. The molecule has 0 aromatic carbocycles.